The van der Waals surface area contributed by atoms with Crippen LogP contribution in [0.5, 0.6) is 0 Å². The third-order valence-electron chi connectivity index (χ3n) is 1.73. The molecule has 0 amide bonds. The molecule has 0 spiro atoms. The molecule has 0 unspecified atom stereocenters. The van der Waals surface area contributed by atoms with Gasteiger partial charge in [-0.05, 0) is 12.1 Å². The predicted molar refractivity (Wildman–Crippen MR) is 57.4 cm³/mol. The highest BCUT2D eigenvalue weighted by atomic mass is 32.2. The number of carboxylic acids is 2. The van der Waals surface area contributed by atoms with Gasteiger partial charge in [0.05, 0.1) is 5.75 Å². The van der Waals surface area contributed by atoms with Gasteiger partial charge >= 0.3 is 11.9 Å². The Morgan fingerprint density at radius 2 is 2.12 bits per heavy atom. The van der Waals surface area contributed by atoms with E-state index in [1.807, 2.05) is 0 Å². The minimum Gasteiger partial charge on any atom is -0.480 e. The van der Waals surface area contributed by atoms with E-state index in [1.54, 1.807) is 6.07 Å². The first-order valence-corrected chi connectivity index (χ1v) is 5.54. The Morgan fingerprint density at radius 3 is 2.62 bits per heavy atom. The van der Waals surface area contributed by atoms with Gasteiger partial charge in [0, 0.05) is 5.75 Å². The second-order valence-corrected chi connectivity index (χ2v) is 4.06. The molecular formula is C9H11NO5S. The molecule has 1 aromatic rings. The molecule has 0 aliphatic carbocycles. The lowest BCUT2D eigenvalue weighted by Crippen LogP contribution is -2.32. The monoisotopic (exact) mass is 245 g/mol. The first-order valence-electron chi connectivity index (χ1n) is 4.39. The lowest BCUT2D eigenvalue weighted by atomic mass is 10.4. The number of aliphatic carboxylic acids is 1. The molecule has 88 valence electrons. The SMILES string of the molecule is N[C@H](CSCc1ccc(C(=O)O)o1)C(=O)O. The Morgan fingerprint density at radius 1 is 1.44 bits per heavy atom. The normalized spacial score (nSPS) is 12.3. The van der Waals surface area contributed by atoms with Crippen molar-refractivity contribution in [3.05, 3.63) is 23.7 Å². The number of thioether (sulfide) groups is 1. The largest absolute Gasteiger partial charge is 0.480 e. The molecule has 0 saturated heterocycles. The van der Waals surface area contributed by atoms with Gasteiger partial charge in [0.1, 0.15) is 11.8 Å². The lowest BCUT2D eigenvalue weighted by molar-refractivity contribution is -0.137. The Bertz CT molecular complexity index is 389. The molecule has 0 aromatic carbocycles. The van der Waals surface area contributed by atoms with E-state index in [4.69, 9.17) is 20.4 Å². The van der Waals surface area contributed by atoms with Gasteiger partial charge in [-0.1, -0.05) is 0 Å². The van der Waals surface area contributed by atoms with Crippen LogP contribution in [0.3, 0.4) is 0 Å². The molecule has 0 radical (unpaired) electrons. The molecule has 0 aliphatic rings. The minimum absolute atomic E-state index is 0.127. The van der Waals surface area contributed by atoms with Gasteiger partial charge in [-0.3, -0.25) is 4.79 Å². The fourth-order valence-corrected chi connectivity index (χ4v) is 1.80. The van der Waals surface area contributed by atoms with Gasteiger partial charge in [-0.25, -0.2) is 4.79 Å². The second-order valence-electron chi connectivity index (χ2n) is 3.03. The maximum atomic E-state index is 10.5. The Labute approximate surface area is 95.4 Å². The Balaban J connectivity index is 2.37. The summed E-state index contributed by atoms with van der Waals surface area (Å²) in [7, 11) is 0. The maximum absolute atomic E-state index is 10.5. The van der Waals surface area contributed by atoms with Crippen LogP contribution < -0.4 is 5.73 Å². The third-order valence-corrected chi connectivity index (χ3v) is 2.81. The quantitative estimate of drug-likeness (QED) is 0.673. The van der Waals surface area contributed by atoms with Crippen LogP contribution in [-0.4, -0.2) is 33.9 Å². The highest BCUT2D eigenvalue weighted by Gasteiger charge is 2.12. The predicted octanol–water partition coefficient (Wildman–Crippen LogP) is 0.623. The van der Waals surface area contributed by atoms with Crippen LogP contribution in [0.1, 0.15) is 16.3 Å². The van der Waals surface area contributed by atoms with Gasteiger partial charge in [0.15, 0.2) is 0 Å². The van der Waals surface area contributed by atoms with Gasteiger partial charge in [-0.15, -0.1) is 0 Å². The smallest absolute Gasteiger partial charge is 0.371 e. The zero-order chi connectivity index (χ0) is 12.1. The molecule has 16 heavy (non-hydrogen) atoms. The number of furan rings is 1. The van der Waals surface area contributed by atoms with Crippen molar-refractivity contribution in [3.63, 3.8) is 0 Å². The summed E-state index contributed by atoms with van der Waals surface area (Å²) in [5.41, 5.74) is 5.29. The van der Waals surface area contributed by atoms with Crippen LogP contribution in [0.4, 0.5) is 0 Å². The summed E-state index contributed by atoms with van der Waals surface area (Å²) in [6.07, 6.45) is 0. The Hall–Kier alpha value is -1.47. The summed E-state index contributed by atoms with van der Waals surface area (Å²) < 4.78 is 4.98. The van der Waals surface area contributed by atoms with E-state index in [0.717, 1.165) is 0 Å². The molecule has 0 bridgehead atoms. The van der Waals surface area contributed by atoms with Crippen molar-refractivity contribution in [3.8, 4) is 0 Å². The number of aromatic carboxylic acids is 1. The van der Waals surface area contributed by atoms with Crippen LogP contribution in [0.2, 0.25) is 0 Å². The molecule has 0 aliphatic heterocycles. The van der Waals surface area contributed by atoms with Crippen molar-refractivity contribution >= 4 is 23.7 Å². The number of carbonyl (C=O) groups is 2. The van der Waals surface area contributed by atoms with Gasteiger partial charge in [-0.2, -0.15) is 11.8 Å². The molecule has 4 N–H and O–H groups in total. The molecular weight excluding hydrogens is 234 g/mol. The molecule has 6 nitrogen and oxygen atoms in total. The summed E-state index contributed by atoms with van der Waals surface area (Å²) in [5, 5.41) is 17.1. The van der Waals surface area contributed by atoms with Crippen LogP contribution >= 0.6 is 11.8 Å². The third kappa shape index (κ3) is 3.59. The second kappa shape index (κ2) is 5.57. The zero-order valence-corrected chi connectivity index (χ0v) is 9.07. The van der Waals surface area contributed by atoms with E-state index in [0.29, 0.717) is 11.5 Å². The van der Waals surface area contributed by atoms with E-state index in [2.05, 4.69) is 0 Å². The summed E-state index contributed by atoms with van der Waals surface area (Å²) >= 11 is 1.28. The van der Waals surface area contributed by atoms with Crippen molar-refractivity contribution in [1.29, 1.82) is 0 Å². The molecule has 0 fully saturated rings. The average Bonchev–Trinajstić information content (AvgIpc) is 2.66. The minimum atomic E-state index is -1.13. The topological polar surface area (TPSA) is 114 Å². The molecule has 0 saturated carbocycles. The molecule has 1 rings (SSSR count). The highest BCUT2D eigenvalue weighted by molar-refractivity contribution is 7.98. The van der Waals surface area contributed by atoms with Crippen LogP contribution in [-0.2, 0) is 10.5 Å². The number of hydrogen-bond donors (Lipinski definition) is 3. The number of nitrogens with two attached hydrogens (primary N) is 1. The summed E-state index contributed by atoms with van der Waals surface area (Å²) in [6, 6.07) is 1.98. The maximum Gasteiger partial charge on any atom is 0.371 e. The van der Waals surface area contributed by atoms with Crippen molar-refractivity contribution in [2.24, 2.45) is 5.73 Å². The molecule has 1 heterocycles. The van der Waals surface area contributed by atoms with Gasteiger partial charge < -0.3 is 20.4 Å². The van der Waals surface area contributed by atoms with E-state index in [-0.39, 0.29) is 11.5 Å². The van der Waals surface area contributed by atoms with Crippen molar-refractivity contribution in [1.82, 2.24) is 0 Å². The van der Waals surface area contributed by atoms with E-state index in [1.165, 1.54) is 17.8 Å². The fraction of sp³-hybridized carbons (Fsp3) is 0.333. The Kier molecular flexibility index (Phi) is 4.39. The fourth-order valence-electron chi connectivity index (χ4n) is 0.928. The van der Waals surface area contributed by atoms with Crippen LogP contribution in [0.25, 0.3) is 0 Å². The molecule has 1 aromatic heterocycles. The first-order chi connectivity index (χ1) is 7.50. The number of carboxylic acid groups (broad SMARTS) is 2. The van der Waals surface area contributed by atoms with Crippen LogP contribution in [0.15, 0.2) is 16.5 Å². The molecule has 1 atom stereocenters. The van der Waals surface area contributed by atoms with Crippen LogP contribution in [0, 0.1) is 0 Å². The van der Waals surface area contributed by atoms with E-state index in [9.17, 15) is 9.59 Å². The van der Waals surface area contributed by atoms with Gasteiger partial charge in [0.25, 0.3) is 0 Å². The first kappa shape index (κ1) is 12.6. The van der Waals surface area contributed by atoms with Crippen molar-refractivity contribution in [2.75, 3.05) is 5.75 Å². The number of rotatable bonds is 6. The zero-order valence-electron chi connectivity index (χ0n) is 8.25. The average molecular weight is 245 g/mol. The summed E-state index contributed by atoms with van der Waals surface area (Å²) in [5.74, 6) is -1.18. The lowest BCUT2D eigenvalue weighted by Gasteiger charge is -2.03. The summed E-state index contributed by atoms with van der Waals surface area (Å²) in [6.45, 7) is 0. The standard InChI is InChI=1S/C9H11NO5S/c10-6(8(11)12)4-16-3-5-1-2-7(15-5)9(13)14/h1-2,6H,3-4,10H2,(H,11,12)(H,13,14)/t6-/m1/s1. The summed E-state index contributed by atoms with van der Waals surface area (Å²) in [4.78, 5) is 20.9. The highest BCUT2D eigenvalue weighted by Crippen LogP contribution is 2.15. The van der Waals surface area contributed by atoms with Crippen molar-refractivity contribution < 1.29 is 24.2 Å². The van der Waals surface area contributed by atoms with Crippen molar-refractivity contribution in [2.45, 2.75) is 11.8 Å². The van der Waals surface area contributed by atoms with E-state index >= 15 is 0 Å². The van der Waals surface area contributed by atoms with Gasteiger partial charge in [0.2, 0.25) is 5.76 Å². The van der Waals surface area contributed by atoms with E-state index < -0.39 is 18.0 Å². The molecule has 7 heteroatoms. The number of hydrogen-bond acceptors (Lipinski definition) is 5.